The van der Waals surface area contributed by atoms with Gasteiger partial charge in [0.15, 0.2) is 0 Å². The predicted octanol–water partition coefficient (Wildman–Crippen LogP) is 0.933. The maximum absolute atomic E-state index is 12.2. The number of aliphatic carboxylic acids is 1. The molecule has 0 aliphatic heterocycles. The van der Waals surface area contributed by atoms with Gasteiger partial charge in [0, 0.05) is 32.3 Å². The maximum atomic E-state index is 12.2. The third-order valence-corrected chi connectivity index (χ3v) is 3.02. The van der Waals surface area contributed by atoms with Gasteiger partial charge < -0.3 is 14.9 Å². The Kier molecular flexibility index (Phi) is 4.85. The first-order valence-electron chi connectivity index (χ1n) is 6.07. The van der Waals surface area contributed by atoms with Crippen molar-refractivity contribution in [2.45, 2.75) is 13.0 Å². The van der Waals surface area contributed by atoms with Gasteiger partial charge in [-0.15, -0.1) is 0 Å². The molecule has 2 amide bonds. The molecule has 0 bridgehead atoms. The quantitative estimate of drug-likeness (QED) is 0.889. The second-order valence-corrected chi connectivity index (χ2v) is 4.71. The number of carboxylic acid groups (broad SMARTS) is 1. The Balaban J connectivity index is 3.03. The molecule has 0 aliphatic rings. The summed E-state index contributed by atoms with van der Waals surface area (Å²) in [6.07, 6.45) is 0. The largest absolute Gasteiger partial charge is 0.480 e. The minimum atomic E-state index is -1.08. The van der Waals surface area contributed by atoms with E-state index in [2.05, 4.69) is 0 Å². The summed E-state index contributed by atoms with van der Waals surface area (Å²) < 4.78 is 0. The summed E-state index contributed by atoms with van der Waals surface area (Å²) in [6.45, 7) is 1.43. The van der Waals surface area contributed by atoms with Crippen LogP contribution in [0.3, 0.4) is 0 Å². The van der Waals surface area contributed by atoms with Crippen LogP contribution >= 0.6 is 0 Å². The lowest BCUT2D eigenvalue weighted by atomic mass is 10.1. The molecule has 1 aromatic carbocycles. The molecule has 0 heterocycles. The number of likely N-dealkylation sites (N-methyl/N-ethyl adjacent to an activating group) is 1. The zero-order chi connectivity index (χ0) is 15.4. The van der Waals surface area contributed by atoms with Crippen LogP contribution in [-0.2, 0) is 4.79 Å². The summed E-state index contributed by atoms with van der Waals surface area (Å²) in [6, 6.07) is 5.30. The summed E-state index contributed by atoms with van der Waals surface area (Å²) in [5, 5.41) is 8.91. The highest BCUT2D eigenvalue weighted by Gasteiger charge is 2.23. The highest BCUT2D eigenvalue weighted by molar-refractivity contribution is 6.00. The van der Waals surface area contributed by atoms with Crippen LogP contribution in [0.2, 0.25) is 0 Å². The number of nitrogens with zero attached hydrogens (tertiary/aromatic N) is 2. The Hall–Kier alpha value is -2.37. The third-order valence-electron chi connectivity index (χ3n) is 3.02. The highest BCUT2D eigenvalue weighted by Crippen LogP contribution is 2.11. The molecule has 0 aliphatic carbocycles. The van der Waals surface area contributed by atoms with E-state index in [0.29, 0.717) is 5.56 Å². The SMILES string of the molecule is CC(C(=O)O)N(C)C(=O)c1cccc(C(=O)N(C)C)c1. The van der Waals surface area contributed by atoms with Gasteiger partial charge in [-0.05, 0) is 25.1 Å². The molecule has 1 atom stereocenters. The van der Waals surface area contributed by atoms with Gasteiger partial charge in [-0.25, -0.2) is 4.79 Å². The van der Waals surface area contributed by atoms with Gasteiger partial charge in [-0.3, -0.25) is 9.59 Å². The third kappa shape index (κ3) is 3.34. The predicted molar refractivity (Wildman–Crippen MR) is 73.7 cm³/mol. The van der Waals surface area contributed by atoms with Gasteiger partial charge in [-0.2, -0.15) is 0 Å². The van der Waals surface area contributed by atoms with Crippen molar-refractivity contribution in [1.82, 2.24) is 9.80 Å². The van der Waals surface area contributed by atoms with E-state index in [0.717, 1.165) is 4.90 Å². The Bertz CT molecular complexity index is 540. The fourth-order valence-electron chi connectivity index (χ4n) is 1.59. The number of benzene rings is 1. The molecule has 6 nitrogen and oxygen atoms in total. The molecule has 1 rings (SSSR count). The lowest BCUT2D eigenvalue weighted by molar-refractivity contribution is -0.141. The molecule has 20 heavy (non-hydrogen) atoms. The van der Waals surface area contributed by atoms with Crippen molar-refractivity contribution in [2.24, 2.45) is 0 Å². The average Bonchev–Trinajstić information content (AvgIpc) is 2.43. The molecular weight excluding hydrogens is 260 g/mol. The first-order valence-corrected chi connectivity index (χ1v) is 6.07. The Morgan fingerprint density at radius 2 is 1.55 bits per heavy atom. The van der Waals surface area contributed by atoms with Crippen molar-refractivity contribution in [3.05, 3.63) is 35.4 Å². The number of carboxylic acids is 1. The van der Waals surface area contributed by atoms with Crippen LogP contribution in [-0.4, -0.2) is 59.9 Å². The van der Waals surface area contributed by atoms with Crippen LogP contribution < -0.4 is 0 Å². The van der Waals surface area contributed by atoms with E-state index in [1.807, 2.05) is 0 Å². The lowest BCUT2D eigenvalue weighted by Gasteiger charge is -2.21. The Morgan fingerprint density at radius 3 is 2.00 bits per heavy atom. The lowest BCUT2D eigenvalue weighted by Crippen LogP contribution is -2.40. The van der Waals surface area contributed by atoms with E-state index in [1.54, 1.807) is 32.3 Å². The van der Waals surface area contributed by atoms with Gasteiger partial charge in [0.05, 0.1) is 0 Å². The van der Waals surface area contributed by atoms with Crippen LogP contribution in [0.25, 0.3) is 0 Å². The average molecular weight is 278 g/mol. The van der Waals surface area contributed by atoms with Crippen molar-refractivity contribution < 1.29 is 19.5 Å². The molecule has 1 aromatic rings. The first kappa shape index (κ1) is 15.7. The molecule has 0 saturated carbocycles. The first-order chi connectivity index (χ1) is 9.25. The standard InChI is InChI=1S/C14H18N2O4/c1-9(14(19)20)16(4)13(18)11-7-5-6-10(8-11)12(17)15(2)3/h5-9H,1-4H3,(H,19,20). The summed E-state index contributed by atoms with van der Waals surface area (Å²) in [5.74, 6) is -1.73. The van der Waals surface area contributed by atoms with E-state index < -0.39 is 17.9 Å². The zero-order valence-corrected chi connectivity index (χ0v) is 12.0. The van der Waals surface area contributed by atoms with E-state index in [4.69, 9.17) is 5.11 Å². The number of hydrogen-bond acceptors (Lipinski definition) is 3. The van der Waals surface area contributed by atoms with Gasteiger partial charge in [0.25, 0.3) is 11.8 Å². The minimum Gasteiger partial charge on any atom is -0.480 e. The smallest absolute Gasteiger partial charge is 0.326 e. The van der Waals surface area contributed by atoms with Gasteiger partial charge in [0.2, 0.25) is 0 Å². The Morgan fingerprint density at radius 1 is 1.05 bits per heavy atom. The molecular formula is C14H18N2O4. The molecule has 1 unspecified atom stereocenters. The van der Waals surface area contributed by atoms with Crippen molar-refractivity contribution in [1.29, 1.82) is 0 Å². The minimum absolute atomic E-state index is 0.214. The maximum Gasteiger partial charge on any atom is 0.326 e. The van der Waals surface area contributed by atoms with Crippen molar-refractivity contribution in [3.8, 4) is 0 Å². The molecule has 1 N–H and O–H groups in total. The molecule has 6 heteroatoms. The number of carbonyl (C=O) groups is 3. The van der Waals surface area contributed by atoms with Gasteiger partial charge in [-0.1, -0.05) is 6.07 Å². The van der Waals surface area contributed by atoms with Crippen molar-refractivity contribution >= 4 is 17.8 Å². The zero-order valence-electron chi connectivity index (χ0n) is 12.0. The van der Waals surface area contributed by atoms with Crippen LogP contribution in [0.4, 0.5) is 0 Å². The molecule has 108 valence electrons. The second-order valence-electron chi connectivity index (χ2n) is 4.71. The highest BCUT2D eigenvalue weighted by atomic mass is 16.4. The number of carbonyl (C=O) groups excluding carboxylic acids is 2. The van der Waals surface area contributed by atoms with E-state index in [-0.39, 0.29) is 11.5 Å². The van der Waals surface area contributed by atoms with E-state index in [9.17, 15) is 14.4 Å². The van der Waals surface area contributed by atoms with Crippen molar-refractivity contribution in [2.75, 3.05) is 21.1 Å². The molecule has 0 fully saturated rings. The summed E-state index contributed by atoms with van der Waals surface area (Å²) in [7, 11) is 4.66. The molecule has 0 spiro atoms. The second kappa shape index (κ2) is 6.18. The van der Waals surface area contributed by atoms with Crippen LogP contribution in [0.15, 0.2) is 24.3 Å². The van der Waals surface area contributed by atoms with Gasteiger partial charge >= 0.3 is 5.97 Å². The molecule has 0 aromatic heterocycles. The topological polar surface area (TPSA) is 77.9 Å². The summed E-state index contributed by atoms with van der Waals surface area (Å²) in [5.41, 5.74) is 0.672. The summed E-state index contributed by atoms with van der Waals surface area (Å²) >= 11 is 0. The fourth-order valence-corrected chi connectivity index (χ4v) is 1.59. The normalized spacial score (nSPS) is 11.6. The van der Waals surface area contributed by atoms with E-state index in [1.165, 1.54) is 24.9 Å². The van der Waals surface area contributed by atoms with Crippen LogP contribution in [0.1, 0.15) is 27.6 Å². The van der Waals surface area contributed by atoms with Gasteiger partial charge in [0.1, 0.15) is 6.04 Å². The monoisotopic (exact) mass is 278 g/mol. The fraction of sp³-hybridized carbons (Fsp3) is 0.357. The van der Waals surface area contributed by atoms with Crippen molar-refractivity contribution in [3.63, 3.8) is 0 Å². The number of rotatable bonds is 4. The van der Waals surface area contributed by atoms with Crippen LogP contribution in [0, 0.1) is 0 Å². The number of amides is 2. The van der Waals surface area contributed by atoms with Crippen LogP contribution in [0.5, 0.6) is 0 Å². The number of hydrogen-bond donors (Lipinski definition) is 1. The summed E-state index contributed by atoms with van der Waals surface area (Å²) in [4.78, 5) is 37.4. The van der Waals surface area contributed by atoms with E-state index >= 15 is 0 Å². The molecule has 0 radical (unpaired) electrons. The Labute approximate surface area is 117 Å². The molecule has 0 saturated heterocycles.